The Balaban J connectivity index is 1.76. The molecule has 24 heavy (non-hydrogen) atoms. The van der Waals surface area contributed by atoms with Crippen LogP contribution < -0.4 is 5.32 Å². The molecule has 1 aliphatic heterocycles. The molecule has 0 aliphatic carbocycles. The molecule has 0 atom stereocenters. The van der Waals surface area contributed by atoms with Crippen molar-refractivity contribution in [2.45, 2.75) is 19.8 Å². The zero-order valence-electron chi connectivity index (χ0n) is 13.4. The zero-order valence-corrected chi connectivity index (χ0v) is 15.0. The van der Waals surface area contributed by atoms with Gasteiger partial charge in [0.2, 0.25) is 0 Å². The van der Waals surface area contributed by atoms with E-state index in [0.717, 1.165) is 36.0 Å². The molecular formula is C18H18BrN3O2. The fraction of sp³-hybridized carbons (Fsp3) is 0.278. The summed E-state index contributed by atoms with van der Waals surface area (Å²) in [6, 6.07) is 10.5. The number of pyridine rings is 1. The lowest BCUT2D eigenvalue weighted by atomic mass is 10.2. The minimum Gasteiger partial charge on any atom is -0.337 e. The predicted octanol–water partition coefficient (Wildman–Crippen LogP) is 3.64. The van der Waals surface area contributed by atoms with E-state index in [2.05, 4.69) is 26.2 Å². The number of hydrogen-bond acceptors (Lipinski definition) is 3. The molecule has 1 fully saturated rings. The molecule has 2 heterocycles. The monoisotopic (exact) mass is 387 g/mol. The van der Waals surface area contributed by atoms with Crippen molar-refractivity contribution in [3.8, 4) is 0 Å². The molecular weight excluding hydrogens is 370 g/mol. The maximum atomic E-state index is 12.4. The number of nitrogens with zero attached hydrogens (tertiary/aromatic N) is 2. The van der Waals surface area contributed by atoms with Gasteiger partial charge >= 0.3 is 0 Å². The van der Waals surface area contributed by atoms with Crippen molar-refractivity contribution in [2.24, 2.45) is 0 Å². The molecule has 6 heteroatoms. The highest BCUT2D eigenvalue weighted by Gasteiger charge is 2.21. The third-order valence-corrected chi connectivity index (χ3v) is 4.88. The van der Waals surface area contributed by atoms with E-state index in [1.807, 2.05) is 25.1 Å². The Morgan fingerprint density at radius 3 is 2.54 bits per heavy atom. The van der Waals surface area contributed by atoms with Crippen molar-refractivity contribution in [1.82, 2.24) is 9.88 Å². The van der Waals surface area contributed by atoms with Crippen LogP contribution in [0.3, 0.4) is 0 Å². The van der Waals surface area contributed by atoms with E-state index in [4.69, 9.17) is 0 Å². The Labute approximate surface area is 149 Å². The van der Waals surface area contributed by atoms with Crippen LogP contribution in [0.15, 0.2) is 40.9 Å². The highest BCUT2D eigenvalue weighted by Crippen LogP contribution is 2.21. The van der Waals surface area contributed by atoms with Crippen LogP contribution >= 0.6 is 15.9 Å². The first-order valence-electron chi connectivity index (χ1n) is 7.88. The molecule has 0 spiro atoms. The molecule has 124 valence electrons. The number of aromatic nitrogens is 1. The Morgan fingerprint density at radius 2 is 1.83 bits per heavy atom. The minimum absolute atomic E-state index is 0.111. The van der Waals surface area contributed by atoms with Gasteiger partial charge in [-0.3, -0.25) is 9.59 Å². The number of likely N-dealkylation sites (tertiary alicyclic amines) is 1. The summed E-state index contributed by atoms with van der Waals surface area (Å²) in [5.41, 5.74) is 2.31. The topological polar surface area (TPSA) is 62.3 Å². The molecule has 1 aromatic heterocycles. The standard InChI is InChI=1S/C18H18BrN3O2/c1-12-7-8-13(11-14(12)19)20-17(23)15-5-4-6-16(21-15)18(24)22-9-2-3-10-22/h4-8,11H,2-3,9-10H2,1H3,(H,20,23). The number of aryl methyl sites for hydroxylation is 1. The first-order valence-corrected chi connectivity index (χ1v) is 8.68. The van der Waals surface area contributed by atoms with Crippen molar-refractivity contribution in [3.63, 3.8) is 0 Å². The third-order valence-electron chi connectivity index (χ3n) is 4.02. The second-order valence-corrected chi connectivity index (χ2v) is 6.68. The smallest absolute Gasteiger partial charge is 0.274 e. The van der Waals surface area contributed by atoms with Crippen molar-refractivity contribution < 1.29 is 9.59 Å². The van der Waals surface area contributed by atoms with E-state index < -0.39 is 0 Å². The van der Waals surface area contributed by atoms with E-state index in [1.54, 1.807) is 23.1 Å². The number of hydrogen-bond donors (Lipinski definition) is 1. The summed E-state index contributed by atoms with van der Waals surface area (Å²) < 4.78 is 0.922. The van der Waals surface area contributed by atoms with Gasteiger partial charge in [0.25, 0.3) is 11.8 Å². The highest BCUT2D eigenvalue weighted by atomic mass is 79.9. The van der Waals surface area contributed by atoms with E-state index >= 15 is 0 Å². The van der Waals surface area contributed by atoms with E-state index in [-0.39, 0.29) is 17.5 Å². The van der Waals surface area contributed by atoms with Gasteiger partial charge in [-0.1, -0.05) is 28.1 Å². The van der Waals surface area contributed by atoms with Crippen LogP contribution in [0.2, 0.25) is 0 Å². The van der Waals surface area contributed by atoms with Crippen LogP contribution in [0.4, 0.5) is 5.69 Å². The number of anilines is 1. The van der Waals surface area contributed by atoms with Crippen LogP contribution in [-0.2, 0) is 0 Å². The fourth-order valence-electron chi connectivity index (χ4n) is 2.63. The summed E-state index contributed by atoms with van der Waals surface area (Å²) in [6.07, 6.45) is 2.04. The van der Waals surface area contributed by atoms with E-state index in [1.165, 1.54) is 0 Å². The summed E-state index contributed by atoms with van der Waals surface area (Å²) in [7, 11) is 0. The molecule has 1 N–H and O–H groups in total. The molecule has 1 aromatic carbocycles. The van der Waals surface area contributed by atoms with E-state index in [0.29, 0.717) is 11.4 Å². The van der Waals surface area contributed by atoms with Gasteiger partial charge in [-0.2, -0.15) is 0 Å². The van der Waals surface area contributed by atoms with Crippen LogP contribution in [0.25, 0.3) is 0 Å². The maximum Gasteiger partial charge on any atom is 0.274 e. The summed E-state index contributed by atoms with van der Waals surface area (Å²) >= 11 is 3.44. The van der Waals surface area contributed by atoms with Gasteiger partial charge in [0.15, 0.2) is 0 Å². The Hall–Kier alpha value is -2.21. The highest BCUT2D eigenvalue weighted by molar-refractivity contribution is 9.10. The summed E-state index contributed by atoms with van der Waals surface area (Å²) in [5.74, 6) is -0.443. The molecule has 2 amide bonds. The lowest BCUT2D eigenvalue weighted by molar-refractivity contribution is 0.0787. The van der Waals surface area contributed by atoms with E-state index in [9.17, 15) is 9.59 Å². The number of benzene rings is 1. The van der Waals surface area contributed by atoms with Crippen molar-refractivity contribution in [1.29, 1.82) is 0 Å². The summed E-state index contributed by atoms with van der Waals surface area (Å²) in [6.45, 7) is 3.49. The van der Waals surface area contributed by atoms with Crippen LogP contribution in [0.1, 0.15) is 39.4 Å². The molecule has 2 aromatic rings. The van der Waals surface area contributed by atoms with Gasteiger partial charge in [-0.15, -0.1) is 0 Å². The average Bonchev–Trinajstić information content (AvgIpc) is 3.12. The fourth-order valence-corrected chi connectivity index (χ4v) is 3.01. The molecule has 0 bridgehead atoms. The van der Waals surface area contributed by atoms with Gasteiger partial charge in [-0.25, -0.2) is 4.98 Å². The van der Waals surface area contributed by atoms with Gasteiger partial charge < -0.3 is 10.2 Å². The zero-order chi connectivity index (χ0) is 17.1. The molecule has 5 nitrogen and oxygen atoms in total. The average molecular weight is 388 g/mol. The largest absolute Gasteiger partial charge is 0.337 e. The number of carbonyl (C=O) groups excluding carboxylic acids is 2. The molecule has 3 rings (SSSR count). The Bertz CT molecular complexity index is 786. The molecule has 1 saturated heterocycles. The number of halogens is 1. The molecule has 0 unspecified atom stereocenters. The maximum absolute atomic E-state index is 12.4. The number of carbonyl (C=O) groups is 2. The first-order chi connectivity index (χ1) is 11.5. The number of amides is 2. The summed E-state index contributed by atoms with van der Waals surface area (Å²) in [5, 5.41) is 2.81. The van der Waals surface area contributed by atoms with Crippen LogP contribution in [0, 0.1) is 6.92 Å². The lowest BCUT2D eigenvalue weighted by Crippen LogP contribution is -2.29. The van der Waals surface area contributed by atoms with Gasteiger partial charge in [0.05, 0.1) is 0 Å². The Kier molecular flexibility index (Phi) is 4.94. The number of nitrogens with one attached hydrogen (secondary N) is 1. The van der Waals surface area contributed by atoms with Crippen molar-refractivity contribution >= 4 is 33.4 Å². The Morgan fingerprint density at radius 1 is 1.12 bits per heavy atom. The number of rotatable bonds is 3. The van der Waals surface area contributed by atoms with Gasteiger partial charge in [0.1, 0.15) is 11.4 Å². The van der Waals surface area contributed by atoms with Gasteiger partial charge in [-0.05, 0) is 49.6 Å². The van der Waals surface area contributed by atoms with Crippen LogP contribution in [-0.4, -0.2) is 34.8 Å². The summed E-state index contributed by atoms with van der Waals surface area (Å²) in [4.78, 5) is 30.8. The SMILES string of the molecule is Cc1ccc(NC(=O)c2cccc(C(=O)N3CCCC3)n2)cc1Br. The molecule has 0 radical (unpaired) electrons. The van der Waals surface area contributed by atoms with Crippen molar-refractivity contribution in [2.75, 3.05) is 18.4 Å². The van der Waals surface area contributed by atoms with Crippen molar-refractivity contribution in [3.05, 3.63) is 57.8 Å². The molecule has 1 aliphatic rings. The lowest BCUT2D eigenvalue weighted by Gasteiger charge is -2.14. The third kappa shape index (κ3) is 3.64. The van der Waals surface area contributed by atoms with Gasteiger partial charge in [0, 0.05) is 23.2 Å². The first kappa shape index (κ1) is 16.6. The second-order valence-electron chi connectivity index (χ2n) is 5.83. The second kappa shape index (κ2) is 7.13. The normalized spacial score (nSPS) is 13.8. The van der Waals surface area contributed by atoms with Crippen LogP contribution in [0.5, 0.6) is 0 Å². The quantitative estimate of drug-likeness (QED) is 0.874. The molecule has 0 saturated carbocycles. The minimum atomic E-state index is -0.332. The predicted molar refractivity (Wildman–Crippen MR) is 96.2 cm³/mol.